The average molecular weight is 556 g/mol. The molecular weight excluding hydrogens is 526 g/mol. The second-order valence-corrected chi connectivity index (χ2v) is 11.1. The van der Waals surface area contributed by atoms with Crippen LogP contribution in [-0.4, -0.2) is 72.2 Å². The lowest BCUT2D eigenvalue weighted by molar-refractivity contribution is -0.159. The van der Waals surface area contributed by atoms with Crippen LogP contribution in [0.5, 0.6) is 0 Å². The number of benzene rings is 2. The molecule has 2 aromatic carbocycles. The van der Waals surface area contributed by atoms with Crippen molar-refractivity contribution in [3.05, 3.63) is 64.2 Å². The molecule has 8 amide bonds. The summed E-state index contributed by atoms with van der Waals surface area (Å²) in [4.78, 5) is 83.9. The molecule has 41 heavy (non-hydrogen) atoms. The number of amides is 8. The van der Waals surface area contributed by atoms with Crippen molar-refractivity contribution < 1.29 is 28.8 Å². The van der Waals surface area contributed by atoms with Gasteiger partial charge in [0.05, 0.1) is 11.7 Å². The molecule has 210 valence electrons. The van der Waals surface area contributed by atoms with Gasteiger partial charge in [0.2, 0.25) is 11.8 Å². The predicted octanol–water partition coefficient (Wildman–Crippen LogP) is 2.53. The fraction of sp³-hybridized carbons (Fsp3) is 0.333. The van der Waals surface area contributed by atoms with Crippen molar-refractivity contribution in [1.29, 1.82) is 0 Å². The quantitative estimate of drug-likeness (QED) is 0.343. The van der Waals surface area contributed by atoms with Gasteiger partial charge in [0.1, 0.15) is 5.57 Å². The molecule has 0 bridgehead atoms. The lowest BCUT2D eigenvalue weighted by atomic mass is 9.68. The molecule has 0 aliphatic carbocycles. The molecule has 11 nitrogen and oxygen atoms in total. The van der Waals surface area contributed by atoms with Crippen LogP contribution in [0, 0.1) is 19.3 Å². The number of rotatable bonds is 2. The first-order valence-corrected chi connectivity index (χ1v) is 13.4. The Morgan fingerprint density at radius 2 is 1.61 bits per heavy atom. The normalized spacial score (nSPS) is 23.0. The van der Waals surface area contributed by atoms with E-state index in [1.165, 1.54) is 20.2 Å². The average Bonchev–Trinajstić information content (AvgIpc) is 3.44. The number of nitrogens with zero attached hydrogens (tertiary/aromatic N) is 4. The number of hydrogen-bond donors (Lipinski definition) is 1. The van der Waals surface area contributed by atoms with Gasteiger partial charge in [0.25, 0.3) is 11.8 Å². The number of barbiturate groups is 2. The number of aryl methyl sites for hydroxylation is 2. The third-order valence-electron chi connectivity index (χ3n) is 8.67. The summed E-state index contributed by atoms with van der Waals surface area (Å²) >= 11 is 0. The van der Waals surface area contributed by atoms with Gasteiger partial charge in [0, 0.05) is 26.3 Å². The molecule has 0 radical (unpaired) electrons. The summed E-state index contributed by atoms with van der Waals surface area (Å²) in [5.41, 5.74) is 2.32. The lowest BCUT2D eigenvalue weighted by Crippen LogP contribution is -2.70. The van der Waals surface area contributed by atoms with E-state index in [4.69, 9.17) is 0 Å². The topological polar surface area (TPSA) is 127 Å². The van der Waals surface area contributed by atoms with E-state index in [9.17, 15) is 28.8 Å². The minimum atomic E-state index is -1.46. The van der Waals surface area contributed by atoms with Crippen LogP contribution < -0.4 is 15.1 Å². The van der Waals surface area contributed by atoms with E-state index >= 15 is 0 Å². The minimum absolute atomic E-state index is 0.0768. The Kier molecular flexibility index (Phi) is 5.88. The molecule has 4 heterocycles. The smallest absolute Gasteiger partial charge is 0.335 e. The Labute approximate surface area is 236 Å². The zero-order valence-corrected chi connectivity index (χ0v) is 23.2. The maximum Gasteiger partial charge on any atom is 0.335 e. The zero-order chi connectivity index (χ0) is 29.4. The molecule has 3 saturated heterocycles. The highest BCUT2D eigenvalue weighted by Crippen LogP contribution is 2.49. The van der Waals surface area contributed by atoms with Gasteiger partial charge in [-0.2, -0.15) is 0 Å². The van der Waals surface area contributed by atoms with Crippen LogP contribution in [0.4, 0.5) is 21.0 Å². The molecule has 0 saturated carbocycles. The van der Waals surface area contributed by atoms with Gasteiger partial charge in [-0.1, -0.05) is 18.2 Å². The molecule has 2 aromatic rings. The number of carbonyl (C=O) groups is 6. The first kappa shape index (κ1) is 26.4. The molecule has 11 heteroatoms. The minimum Gasteiger partial charge on any atom is -0.367 e. The van der Waals surface area contributed by atoms with E-state index in [2.05, 4.69) is 10.2 Å². The van der Waals surface area contributed by atoms with E-state index in [0.717, 1.165) is 32.4 Å². The Balaban J connectivity index is 1.42. The van der Waals surface area contributed by atoms with E-state index in [-0.39, 0.29) is 18.0 Å². The number of imide groups is 4. The van der Waals surface area contributed by atoms with Crippen molar-refractivity contribution in [2.24, 2.45) is 5.41 Å². The van der Waals surface area contributed by atoms with E-state index < -0.39 is 41.1 Å². The third-order valence-corrected chi connectivity index (χ3v) is 8.67. The second-order valence-electron chi connectivity index (χ2n) is 11.1. The SMILES string of the molecule is Cc1ccc(C)c(N2C(=O)NC(=O)/C(=C\c3ccc4c(c3)CC3(C(=O)N(C)C(=O)N(C)C3=O)C3CCCN43)C2=O)c1. The van der Waals surface area contributed by atoms with Crippen molar-refractivity contribution in [2.45, 2.75) is 39.2 Å². The molecule has 1 atom stereocenters. The summed E-state index contributed by atoms with van der Waals surface area (Å²) in [5, 5.41) is 2.26. The fourth-order valence-electron chi connectivity index (χ4n) is 6.63. The van der Waals surface area contributed by atoms with Crippen molar-refractivity contribution in [3.8, 4) is 0 Å². The van der Waals surface area contributed by atoms with Crippen LogP contribution in [0.3, 0.4) is 0 Å². The number of carbonyl (C=O) groups excluding carboxylic acids is 6. The Morgan fingerprint density at radius 1 is 0.902 bits per heavy atom. The number of hydrogen-bond acceptors (Lipinski definition) is 7. The molecule has 1 N–H and O–H groups in total. The van der Waals surface area contributed by atoms with Crippen molar-refractivity contribution in [2.75, 3.05) is 30.4 Å². The second kappa shape index (κ2) is 9.12. The highest BCUT2D eigenvalue weighted by Gasteiger charge is 2.63. The molecular formula is C30H29N5O6. The van der Waals surface area contributed by atoms with Gasteiger partial charge in [-0.05, 0) is 79.6 Å². The zero-order valence-electron chi connectivity index (χ0n) is 23.2. The largest absolute Gasteiger partial charge is 0.367 e. The van der Waals surface area contributed by atoms with Crippen LogP contribution in [0.1, 0.15) is 35.1 Å². The monoisotopic (exact) mass is 555 g/mol. The summed E-state index contributed by atoms with van der Waals surface area (Å²) < 4.78 is 0. The maximum absolute atomic E-state index is 13.6. The van der Waals surface area contributed by atoms with Gasteiger partial charge in [-0.25, -0.2) is 14.5 Å². The number of nitrogens with one attached hydrogen (secondary N) is 1. The highest BCUT2D eigenvalue weighted by molar-refractivity contribution is 6.39. The van der Waals surface area contributed by atoms with E-state index in [1.807, 2.05) is 19.1 Å². The van der Waals surface area contributed by atoms with Crippen LogP contribution in [0.25, 0.3) is 6.08 Å². The Morgan fingerprint density at radius 3 is 2.32 bits per heavy atom. The molecule has 4 aliphatic rings. The summed E-state index contributed by atoms with van der Waals surface area (Å²) in [6, 6.07) is 8.89. The van der Waals surface area contributed by atoms with Gasteiger partial charge in [-0.15, -0.1) is 0 Å². The van der Waals surface area contributed by atoms with Crippen molar-refractivity contribution >= 4 is 53.1 Å². The van der Waals surface area contributed by atoms with Crippen molar-refractivity contribution in [3.63, 3.8) is 0 Å². The lowest BCUT2D eigenvalue weighted by Gasteiger charge is -2.50. The molecule has 6 rings (SSSR count). The van der Waals surface area contributed by atoms with Crippen LogP contribution in [0.15, 0.2) is 42.0 Å². The summed E-state index contributed by atoms with van der Waals surface area (Å²) in [7, 11) is 2.78. The summed E-state index contributed by atoms with van der Waals surface area (Å²) in [5.74, 6) is -2.61. The van der Waals surface area contributed by atoms with E-state index in [1.54, 1.807) is 31.2 Å². The standard InChI is InChI=1S/C30H29N5O6/c1-16-7-8-17(2)22(12-16)35-25(37)20(24(36)31-28(35)40)14-18-9-10-21-19(13-18)15-30(23-6-5-11-34(21)23)26(38)32(3)29(41)33(4)27(30)39/h7-10,12-14,23H,5-6,11,15H2,1-4H3,(H,31,36,40)/b20-14+. The number of fused-ring (bicyclic) bond motifs is 4. The molecule has 1 unspecified atom stereocenters. The van der Waals surface area contributed by atoms with Crippen molar-refractivity contribution in [1.82, 2.24) is 15.1 Å². The molecule has 3 fully saturated rings. The molecule has 0 aromatic heterocycles. The van der Waals surface area contributed by atoms with Gasteiger partial charge < -0.3 is 4.90 Å². The summed E-state index contributed by atoms with van der Waals surface area (Å²) in [6.07, 6.45) is 2.91. The first-order valence-electron chi connectivity index (χ1n) is 13.4. The fourth-order valence-corrected chi connectivity index (χ4v) is 6.63. The molecule has 4 aliphatic heterocycles. The maximum atomic E-state index is 13.6. The van der Waals surface area contributed by atoms with Crippen LogP contribution in [0.2, 0.25) is 0 Å². The molecule has 1 spiro atoms. The van der Waals surface area contributed by atoms with Crippen LogP contribution >= 0.6 is 0 Å². The Bertz CT molecular complexity index is 1600. The highest BCUT2D eigenvalue weighted by atomic mass is 16.2. The number of anilines is 2. The van der Waals surface area contributed by atoms with Gasteiger partial charge in [0.15, 0.2) is 5.41 Å². The van der Waals surface area contributed by atoms with Crippen LogP contribution in [-0.2, 0) is 25.6 Å². The predicted molar refractivity (Wildman–Crippen MR) is 149 cm³/mol. The van der Waals surface area contributed by atoms with Gasteiger partial charge in [-0.3, -0.25) is 34.3 Å². The first-order chi connectivity index (χ1) is 19.5. The Hall–Kier alpha value is -4.80. The summed E-state index contributed by atoms with van der Waals surface area (Å²) in [6.45, 7) is 4.27. The van der Waals surface area contributed by atoms with E-state index in [0.29, 0.717) is 35.3 Å². The third kappa shape index (κ3) is 3.71. The number of urea groups is 2. The van der Waals surface area contributed by atoms with Gasteiger partial charge >= 0.3 is 12.1 Å².